The number of hydrogen-bond donors (Lipinski definition) is 2. The minimum atomic E-state index is 0.0467. The summed E-state index contributed by atoms with van der Waals surface area (Å²) >= 11 is 0. The van der Waals surface area contributed by atoms with Gasteiger partial charge in [0.05, 0.1) is 6.04 Å². The Morgan fingerprint density at radius 1 is 1.06 bits per heavy atom. The molecule has 3 heteroatoms. The summed E-state index contributed by atoms with van der Waals surface area (Å²) in [5, 5.41) is 6.59. The van der Waals surface area contributed by atoms with Crippen LogP contribution in [-0.4, -0.2) is 24.5 Å². The molecule has 2 rings (SSSR count). The Kier molecular flexibility index (Phi) is 4.43. The van der Waals surface area contributed by atoms with E-state index >= 15 is 0 Å². The first-order valence-electron chi connectivity index (χ1n) is 7.22. The summed E-state index contributed by atoms with van der Waals surface area (Å²) in [6.45, 7) is 5.43. The average Bonchev–Trinajstić information content (AvgIpc) is 2.63. The van der Waals surface area contributed by atoms with Crippen molar-refractivity contribution in [1.82, 2.24) is 10.6 Å². The molecule has 0 aromatic rings. The van der Waals surface area contributed by atoms with E-state index in [0.717, 1.165) is 19.4 Å². The van der Waals surface area contributed by atoms with Crippen LogP contribution in [0.3, 0.4) is 0 Å². The highest BCUT2D eigenvalue weighted by atomic mass is 16.2. The second-order valence-corrected chi connectivity index (χ2v) is 5.93. The Labute approximate surface area is 105 Å². The molecule has 2 fully saturated rings. The van der Waals surface area contributed by atoms with Gasteiger partial charge in [0.2, 0.25) is 5.91 Å². The molecular formula is C14H26N2O. The molecule has 4 unspecified atom stereocenters. The zero-order valence-corrected chi connectivity index (χ0v) is 11.2. The first-order chi connectivity index (χ1) is 8.18. The fourth-order valence-electron chi connectivity index (χ4n) is 3.17. The molecule has 1 heterocycles. The molecule has 2 aliphatic rings. The van der Waals surface area contributed by atoms with Gasteiger partial charge >= 0.3 is 0 Å². The Morgan fingerprint density at radius 3 is 2.53 bits per heavy atom. The van der Waals surface area contributed by atoms with Gasteiger partial charge < -0.3 is 10.6 Å². The molecule has 0 radical (unpaired) electrons. The highest BCUT2D eigenvalue weighted by Gasteiger charge is 2.31. The van der Waals surface area contributed by atoms with Crippen molar-refractivity contribution >= 4 is 5.91 Å². The lowest BCUT2D eigenvalue weighted by atomic mass is 9.95. The smallest absolute Gasteiger partial charge is 0.237 e. The maximum atomic E-state index is 12.2. The Balaban J connectivity index is 1.88. The fraction of sp³-hybridized carbons (Fsp3) is 0.929. The lowest BCUT2D eigenvalue weighted by Crippen LogP contribution is -2.48. The zero-order chi connectivity index (χ0) is 12.3. The van der Waals surface area contributed by atoms with Gasteiger partial charge in [-0.15, -0.1) is 0 Å². The van der Waals surface area contributed by atoms with Crippen LogP contribution in [0.5, 0.6) is 0 Å². The molecular weight excluding hydrogens is 212 g/mol. The molecule has 1 aliphatic carbocycles. The van der Waals surface area contributed by atoms with Gasteiger partial charge in [0.15, 0.2) is 0 Å². The van der Waals surface area contributed by atoms with Gasteiger partial charge in [0, 0.05) is 6.04 Å². The van der Waals surface area contributed by atoms with Gasteiger partial charge in [0.25, 0.3) is 0 Å². The minimum Gasteiger partial charge on any atom is -0.352 e. The van der Waals surface area contributed by atoms with Crippen LogP contribution >= 0.6 is 0 Å². The molecule has 98 valence electrons. The summed E-state index contributed by atoms with van der Waals surface area (Å²) in [6.07, 6.45) is 7.47. The second kappa shape index (κ2) is 5.85. The SMILES string of the molecule is CC1CCCCCC1NC(=O)C1NCCC1C. The van der Waals surface area contributed by atoms with Gasteiger partial charge in [-0.25, -0.2) is 0 Å². The summed E-state index contributed by atoms with van der Waals surface area (Å²) in [5.41, 5.74) is 0. The molecule has 1 amide bonds. The Bertz CT molecular complexity index is 267. The van der Waals surface area contributed by atoms with Crippen molar-refractivity contribution in [3.05, 3.63) is 0 Å². The van der Waals surface area contributed by atoms with Crippen molar-refractivity contribution in [2.45, 2.75) is 64.5 Å². The van der Waals surface area contributed by atoms with Crippen molar-refractivity contribution in [3.63, 3.8) is 0 Å². The monoisotopic (exact) mass is 238 g/mol. The van der Waals surface area contributed by atoms with Crippen molar-refractivity contribution in [3.8, 4) is 0 Å². The largest absolute Gasteiger partial charge is 0.352 e. The van der Waals surface area contributed by atoms with E-state index in [1.165, 1.54) is 25.7 Å². The highest BCUT2D eigenvalue weighted by Crippen LogP contribution is 2.23. The van der Waals surface area contributed by atoms with E-state index in [-0.39, 0.29) is 11.9 Å². The number of rotatable bonds is 2. The highest BCUT2D eigenvalue weighted by molar-refractivity contribution is 5.82. The van der Waals surface area contributed by atoms with Gasteiger partial charge in [0.1, 0.15) is 0 Å². The van der Waals surface area contributed by atoms with E-state index in [9.17, 15) is 4.79 Å². The van der Waals surface area contributed by atoms with Crippen molar-refractivity contribution < 1.29 is 4.79 Å². The van der Waals surface area contributed by atoms with E-state index in [2.05, 4.69) is 24.5 Å². The van der Waals surface area contributed by atoms with E-state index in [1.54, 1.807) is 0 Å². The zero-order valence-electron chi connectivity index (χ0n) is 11.2. The van der Waals surface area contributed by atoms with Crippen LogP contribution < -0.4 is 10.6 Å². The average molecular weight is 238 g/mol. The van der Waals surface area contributed by atoms with Crippen molar-refractivity contribution in [1.29, 1.82) is 0 Å². The lowest BCUT2D eigenvalue weighted by Gasteiger charge is -2.25. The van der Waals surface area contributed by atoms with Crippen LogP contribution in [0.25, 0.3) is 0 Å². The number of nitrogens with one attached hydrogen (secondary N) is 2. The van der Waals surface area contributed by atoms with E-state index in [1.807, 2.05) is 0 Å². The molecule has 1 saturated heterocycles. The van der Waals surface area contributed by atoms with Crippen molar-refractivity contribution in [2.75, 3.05) is 6.54 Å². The Morgan fingerprint density at radius 2 is 1.82 bits per heavy atom. The molecule has 17 heavy (non-hydrogen) atoms. The normalized spacial score (nSPS) is 38.7. The number of carbonyl (C=O) groups is 1. The quantitative estimate of drug-likeness (QED) is 0.723. The standard InChI is InChI=1S/C14H26N2O/c1-10-6-4-3-5-7-12(10)16-14(17)13-11(2)8-9-15-13/h10-13,15H,3-9H2,1-2H3,(H,16,17). The fourth-order valence-corrected chi connectivity index (χ4v) is 3.17. The predicted molar refractivity (Wildman–Crippen MR) is 69.8 cm³/mol. The lowest BCUT2D eigenvalue weighted by molar-refractivity contribution is -0.124. The second-order valence-electron chi connectivity index (χ2n) is 5.93. The maximum absolute atomic E-state index is 12.2. The summed E-state index contributed by atoms with van der Waals surface area (Å²) in [5.74, 6) is 1.35. The third kappa shape index (κ3) is 3.21. The molecule has 2 N–H and O–H groups in total. The van der Waals surface area contributed by atoms with Crippen LogP contribution in [0.15, 0.2) is 0 Å². The van der Waals surface area contributed by atoms with Gasteiger partial charge in [-0.2, -0.15) is 0 Å². The summed E-state index contributed by atoms with van der Waals surface area (Å²) in [7, 11) is 0. The van der Waals surface area contributed by atoms with Crippen LogP contribution in [0, 0.1) is 11.8 Å². The van der Waals surface area contributed by atoms with Gasteiger partial charge in [-0.05, 0) is 37.6 Å². The van der Waals surface area contributed by atoms with Crippen LogP contribution in [0.4, 0.5) is 0 Å². The Hall–Kier alpha value is -0.570. The summed E-state index contributed by atoms with van der Waals surface area (Å²) in [6, 6.07) is 0.449. The van der Waals surface area contributed by atoms with E-state index in [4.69, 9.17) is 0 Å². The third-order valence-electron chi connectivity index (χ3n) is 4.50. The number of carbonyl (C=O) groups excluding carboxylic acids is 1. The first-order valence-corrected chi connectivity index (χ1v) is 7.22. The summed E-state index contributed by atoms with van der Waals surface area (Å²) in [4.78, 5) is 12.2. The summed E-state index contributed by atoms with van der Waals surface area (Å²) < 4.78 is 0. The molecule has 0 aromatic carbocycles. The van der Waals surface area contributed by atoms with E-state index < -0.39 is 0 Å². The molecule has 4 atom stereocenters. The van der Waals surface area contributed by atoms with Crippen molar-refractivity contribution in [2.24, 2.45) is 11.8 Å². The molecule has 0 bridgehead atoms. The van der Waals surface area contributed by atoms with Crippen LogP contribution in [0.1, 0.15) is 52.4 Å². The van der Waals surface area contributed by atoms with Gasteiger partial charge in [-0.3, -0.25) is 4.79 Å². The number of hydrogen-bond acceptors (Lipinski definition) is 2. The minimum absolute atomic E-state index is 0.0467. The molecule has 0 spiro atoms. The molecule has 0 aromatic heterocycles. The number of amides is 1. The molecule has 1 aliphatic heterocycles. The van der Waals surface area contributed by atoms with E-state index in [0.29, 0.717) is 17.9 Å². The molecule has 1 saturated carbocycles. The topological polar surface area (TPSA) is 41.1 Å². The van der Waals surface area contributed by atoms with Crippen LogP contribution in [0.2, 0.25) is 0 Å². The van der Waals surface area contributed by atoms with Gasteiger partial charge in [-0.1, -0.05) is 33.1 Å². The molecule has 3 nitrogen and oxygen atoms in total. The van der Waals surface area contributed by atoms with Crippen LogP contribution in [-0.2, 0) is 4.79 Å². The maximum Gasteiger partial charge on any atom is 0.237 e. The first kappa shape index (κ1) is 12.9. The predicted octanol–water partition coefficient (Wildman–Crippen LogP) is 2.07. The third-order valence-corrected chi connectivity index (χ3v) is 4.50.